The molecular weight excluding hydrogens is 316 g/mol. The molecule has 0 aliphatic heterocycles. The summed E-state index contributed by atoms with van der Waals surface area (Å²) in [7, 11) is 3.16. The molecule has 0 aliphatic rings. The van der Waals surface area contributed by atoms with Crippen LogP contribution in [0.15, 0.2) is 18.2 Å². The summed E-state index contributed by atoms with van der Waals surface area (Å²) in [6, 6.07) is 5.39. The van der Waals surface area contributed by atoms with Crippen LogP contribution in [0.5, 0.6) is 11.5 Å². The number of H-pyrrole nitrogens is 1. The largest absolute Gasteiger partial charge is 0.497 e. The molecule has 1 aromatic carbocycles. The first-order valence-corrected chi connectivity index (χ1v) is 8.35. The van der Waals surface area contributed by atoms with Crippen LogP contribution < -0.4 is 14.8 Å². The number of benzene rings is 1. The Bertz CT molecular complexity index is 660. The number of rotatable bonds is 8. The van der Waals surface area contributed by atoms with Crippen LogP contribution in [0.4, 0.5) is 5.95 Å². The predicted octanol–water partition coefficient (Wildman–Crippen LogP) is 2.57. The Morgan fingerprint density at radius 3 is 2.87 bits per heavy atom. The van der Waals surface area contributed by atoms with Crippen molar-refractivity contribution in [2.45, 2.75) is 13.3 Å². The molecule has 0 spiro atoms. The Morgan fingerprint density at radius 1 is 1.35 bits per heavy atom. The minimum atomic E-state index is -0.115. The lowest BCUT2D eigenvalue weighted by atomic mass is 10.2. The van der Waals surface area contributed by atoms with Crippen molar-refractivity contribution in [3.05, 3.63) is 18.2 Å². The van der Waals surface area contributed by atoms with E-state index < -0.39 is 0 Å². The number of amides is 1. The van der Waals surface area contributed by atoms with Crippen molar-refractivity contribution >= 4 is 23.6 Å². The number of aromatic amines is 1. The van der Waals surface area contributed by atoms with Gasteiger partial charge in [-0.25, -0.2) is 0 Å². The molecule has 0 aliphatic carbocycles. The summed E-state index contributed by atoms with van der Waals surface area (Å²) in [5, 5.41) is 9.49. The lowest BCUT2D eigenvalue weighted by Crippen LogP contribution is -2.15. The smallest absolute Gasteiger partial charge is 0.249 e. The van der Waals surface area contributed by atoms with Crippen LogP contribution >= 0.6 is 11.8 Å². The van der Waals surface area contributed by atoms with E-state index >= 15 is 0 Å². The van der Waals surface area contributed by atoms with E-state index in [1.807, 2.05) is 6.07 Å². The van der Waals surface area contributed by atoms with Gasteiger partial charge in [0.05, 0.1) is 25.5 Å². The van der Waals surface area contributed by atoms with E-state index in [0.29, 0.717) is 23.1 Å². The first-order valence-electron chi connectivity index (χ1n) is 7.20. The highest BCUT2D eigenvalue weighted by Gasteiger charge is 2.13. The third kappa shape index (κ3) is 4.62. The zero-order valence-corrected chi connectivity index (χ0v) is 14.2. The van der Waals surface area contributed by atoms with E-state index in [1.165, 1.54) is 0 Å². The number of aromatic nitrogens is 3. The average Bonchev–Trinajstić information content (AvgIpc) is 3.02. The van der Waals surface area contributed by atoms with Gasteiger partial charge in [0.15, 0.2) is 5.82 Å². The maximum Gasteiger partial charge on any atom is 0.249 e. The second-order valence-electron chi connectivity index (χ2n) is 4.67. The van der Waals surface area contributed by atoms with Crippen molar-refractivity contribution in [1.82, 2.24) is 15.2 Å². The molecule has 1 heterocycles. The Morgan fingerprint density at radius 2 is 2.17 bits per heavy atom. The van der Waals surface area contributed by atoms with Crippen molar-refractivity contribution in [2.24, 2.45) is 0 Å². The van der Waals surface area contributed by atoms with Gasteiger partial charge in [-0.15, -0.1) is 5.10 Å². The van der Waals surface area contributed by atoms with Gasteiger partial charge in [-0.3, -0.25) is 15.2 Å². The van der Waals surface area contributed by atoms with E-state index in [4.69, 9.17) is 9.47 Å². The van der Waals surface area contributed by atoms with E-state index in [1.54, 1.807) is 38.1 Å². The first-order chi connectivity index (χ1) is 11.2. The fourth-order valence-electron chi connectivity index (χ4n) is 1.90. The van der Waals surface area contributed by atoms with E-state index in [-0.39, 0.29) is 11.9 Å². The molecule has 0 saturated carbocycles. The lowest BCUT2D eigenvalue weighted by Gasteiger charge is -2.07. The highest BCUT2D eigenvalue weighted by atomic mass is 32.2. The van der Waals surface area contributed by atoms with Gasteiger partial charge >= 0.3 is 0 Å². The summed E-state index contributed by atoms with van der Waals surface area (Å²) < 4.78 is 10.5. The van der Waals surface area contributed by atoms with Crippen molar-refractivity contribution in [3.63, 3.8) is 0 Å². The maximum atomic E-state index is 11.8. The number of thioether (sulfide) groups is 1. The third-order valence-corrected chi connectivity index (χ3v) is 4.15. The van der Waals surface area contributed by atoms with E-state index in [2.05, 4.69) is 27.4 Å². The minimum Gasteiger partial charge on any atom is -0.497 e. The number of nitrogens with one attached hydrogen (secondary N) is 2. The quantitative estimate of drug-likeness (QED) is 0.720. The van der Waals surface area contributed by atoms with Gasteiger partial charge in [-0.2, -0.15) is 16.7 Å². The number of hydrogen-bond donors (Lipinski definition) is 2. The molecule has 2 rings (SSSR count). The van der Waals surface area contributed by atoms with E-state index in [0.717, 1.165) is 17.7 Å². The van der Waals surface area contributed by atoms with Gasteiger partial charge in [-0.05, 0) is 24.3 Å². The number of methoxy groups -OCH3 is 2. The van der Waals surface area contributed by atoms with Gasteiger partial charge in [0, 0.05) is 6.07 Å². The molecule has 8 heteroatoms. The average molecular weight is 336 g/mol. The van der Waals surface area contributed by atoms with Crippen LogP contribution in [0.2, 0.25) is 0 Å². The number of anilines is 1. The molecular formula is C15H20N4O3S. The molecule has 124 valence electrons. The molecule has 0 fully saturated rings. The fourth-order valence-corrected chi connectivity index (χ4v) is 2.59. The van der Waals surface area contributed by atoms with Crippen LogP contribution in [0.3, 0.4) is 0 Å². The second-order valence-corrected chi connectivity index (χ2v) is 5.78. The molecule has 0 radical (unpaired) electrons. The Hall–Kier alpha value is -2.22. The number of carbonyl (C=O) groups is 1. The number of ether oxygens (including phenoxy) is 2. The Labute approximate surface area is 139 Å². The van der Waals surface area contributed by atoms with Gasteiger partial charge in [0.25, 0.3) is 0 Å². The van der Waals surface area contributed by atoms with Crippen LogP contribution in [0.25, 0.3) is 11.4 Å². The van der Waals surface area contributed by atoms with Crippen LogP contribution in [0.1, 0.15) is 13.3 Å². The van der Waals surface area contributed by atoms with Gasteiger partial charge in [0.1, 0.15) is 11.5 Å². The summed E-state index contributed by atoms with van der Waals surface area (Å²) in [6.07, 6.45) is 1.04. The fraction of sp³-hybridized carbons (Fsp3) is 0.400. The highest BCUT2D eigenvalue weighted by molar-refractivity contribution is 7.99. The topological polar surface area (TPSA) is 89.1 Å². The van der Waals surface area contributed by atoms with Crippen molar-refractivity contribution in [3.8, 4) is 22.9 Å². The number of nitrogens with zero attached hydrogens (tertiary/aromatic N) is 2. The number of hydrogen-bond acceptors (Lipinski definition) is 6. The Kier molecular flexibility index (Phi) is 6.28. The molecule has 1 amide bonds. The molecule has 0 atom stereocenters. The zero-order valence-electron chi connectivity index (χ0n) is 13.4. The molecule has 7 nitrogen and oxygen atoms in total. The first kappa shape index (κ1) is 17.1. The Balaban J connectivity index is 2.08. The van der Waals surface area contributed by atoms with Crippen molar-refractivity contribution in [2.75, 3.05) is 31.0 Å². The molecule has 1 aromatic heterocycles. The molecule has 23 heavy (non-hydrogen) atoms. The van der Waals surface area contributed by atoms with E-state index in [9.17, 15) is 4.79 Å². The third-order valence-electron chi connectivity index (χ3n) is 2.98. The molecule has 2 N–H and O–H groups in total. The molecule has 0 bridgehead atoms. The summed E-state index contributed by atoms with van der Waals surface area (Å²) >= 11 is 1.58. The molecule has 0 saturated heterocycles. The minimum absolute atomic E-state index is 0.115. The summed E-state index contributed by atoms with van der Waals surface area (Å²) in [4.78, 5) is 16.1. The molecule has 0 unspecified atom stereocenters. The van der Waals surface area contributed by atoms with Gasteiger partial charge in [0.2, 0.25) is 11.9 Å². The second kappa shape index (κ2) is 8.42. The highest BCUT2D eigenvalue weighted by Crippen LogP contribution is 2.31. The van der Waals surface area contributed by atoms with Crippen LogP contribution in [-0.4, -0.2) is 46.8 Å². The number of carbonyl (C=O) groups excluding carboxylic acids is 1. The SMILES string of the molecule is CCCSCC(=O)Nc1n[nH]c(-c2ccc(OC)cc2OC)n1. The monoisotopic (exact) mass is 336 g/mol. The zero-order chi connectivity index (χ0) is 16.7. The standard InChI is InChI=1S/C15H20N4O3S/c1-4-7-23-9-13(20)16-15-17-14(18-19-15)11-6-5-10(21-2)8-12(11)22-3/h5-6,8H,4,7,9H2,1-3H3,(H2,16,17,18,19,20). The van der Waals surface area contributed by atoms with Crippen LogP contribution in [-0.2, 0) is 4.79 Å². The van der Waals surface area contributed by atoms with Crippen molar-refractivity contribution < 1.29 is 14.3 Å². The van der Waals surface area contributed by atoms with Crippen molar-refractivity contribution in [1.29, 1.82) is 0 Å². The molecule has 2 aromatic rings. The summed E-state index contributed by atoms with van der Waals surface area (Å²) in [6.45, 7) is 2.08. The summed E-state index contributed by atoms with van der Waals surface area (Å²) in [5.74, 6) is 3.29. The van der Waals surface area contributed by atoms with Crippen LogP contribution in [0, 0.1) is 0 Å². The maximum absolute atomic E-state index is 11.8. The summed E-state index contributed by atoms with van der Waals surface area (Å²) in [5.41, 5.74) is 0.738. The van der Waals surface area contributed by atoms with Gasteiger partial charge in [-0.1, -0.05) is 6.92 Å². The lowest BCUT2D eigenvalue weighted by molar-refractivity contribution is -0.113. The predicted molar refractivity (Wildman–Crippen MR) is 91.2 cm³/mol. The van der Waals surface area contributed by atoms with Gasteiger partial charge < -0.3 is 9.47 Å². The normalized spacial score (nSPS) is 10.4.